The molecule has 0 N–H and O–H groups in total. The topological polar surface area (TPSA) is 44.8 Å². The summed E-state index contributed by atoms with van der Waals surface area (Å²) in [6.45, 7) is 2.66. The molecule has 0 unspecified atom stereocenters. The van der Waals surface area contributed by atoms with Gasteiger partial charge >= 0.3 is 12.1 Å². The maximum absolute atomic E-state index is 14.7. The van der Waals surface area contributed by atoms with Crippen molar-refractivity contribution < 1.29 is 54.1 Å². The summed E-state index contributed by atoms with van der Waals surface area (Å²) in [5.74, 6) is -9.60. The number of benzene rings is 3. The van der Waals surface area contributed by atoms with Gasteiger partial charge in [-0.25, -0.2) is 26.7 Å². The van der Waals surface area contributed by atoms with Crippen molar-refractivity contribution in [2.24, 2.45) is 5.92 Å². The van der Waals surface area contributed by atoms with Gasteiger partial charge in [-0.15, -0.1) is 0 Å². The Kier molecular flexibility index (Phi) is 8.26. The standard InChI is InChI=1S/C27H20F8O4/c1-2-3-13-11-37-26(38-12-13)15-8-19(29)23(20(30)9-15)25(36)39-16-4-5-17(18(28)10-16)14-6-21(31)24(22(32)7-14)27(33,34)35/h4-10,13,26H,2-3,11-12H2,1H3. The highest BCUT2D eigenvalue weighted by atomic mass is 19.4. The van der Waals surface area contributed by atoms with E-state index in [9.17, 15) is 39.9 Å². The molecule has 1 heterocycles. The molecular weight excluding hydrogens is 540 g/mol. The zero-order valence-electron chi connectivity index (χ0n) is 20.2. The van der Waals surface area contributed by atoms with E-state index in [1.165, 1.54) is 0 Å². The first-order valence-electron chi connectivity index (χ1n) is 11.7. The van der Waals surface area contributed by atoms with Crippen molar-refractivity contribution in [2.45, 2.75) is 32.2 Å². The molecule has 1 saturated heterocycles. The second kappa shape index (κ2) is 11.3. The molecule has 3 aromatic rings. The van der Waals surface area contributed by atoms with Gasteiger partial charge in [0.05, 0.1) is 13.2 Å². The van der Waals surface area contributed by atoms with Crippen LogP contribution in [-0.2, 0) is 15.7 Å². The minimum absolute atomic E-state index is 0.00269. The molecule has 4 rings (SSSR count). The van der Waals surface area contributed by atoms with Gasteiger partial charge in [0, 0.05) is 23.1 Å². The number of halogens is 8. The lowest BCUT2D eigenvalue weighted by Crippen LogP contribution is -2.27. The van der Waals surface area contributed by atoms with Gasteiger partial charge < -0.3 is 14.2 Å². The molecule has 1 fully saturated rings. The van der Waals surface area contributed by atoms with Crippen LogP contribution in [0.25, 0.3) is 11.1 Å². The number of ether oxygens (including phenoxy) is 3. The highest BCUT2D eigenvalue weighted by molar-refractivity contribution is 5.91. The molecule has 39 heavy (non-hydrogen) atoms. The van der Waals surface area contributed by atoms with Crippen LogP contribution in [0.3, 0.4) is 0 Å². The van der Waals surface area contributed by atoms with E-state index in [4.69, 9.17) is 14.2 Å². The van der Waals surface area contributed by atoms with Crippen molar-refractivity contribution in [1.29, 1.82) is 0 Å². The van der Waals surface area contributed by atoms with Crippen molar-refractivity contribution in [3.05, 3.63) is 88.2 Å². The Bertz CT molecular complexity index is 1330. The number of carbonyl (C=O) groups excluding carboxylic acids is 1. The molecule has 0 aliphatic carbocycles. The zero-order valence-corrected chi connectivity index (χ0v) is 20.2. The molecule has 0 atom stereocenters. The largest absolute Gasteiger partial charge is 0.423 e. The smallest absolute Gasteiger partial charge is 0.422 e. The van der Waals surface area contributed by atoms with E-state index in [2.05, 4.69) is 0 Å². The number of rotatable bonds is 6. The first-order valence-corrected chi connectivity index (χ1v) is 11.7. The van der Waals surface area contributed by atoms with Crippen molar-refractivity contribution in [2.75, 3.05) is 13.2 Å². The lowest BCUT2D eigenvalue weighted by Gasteiger charge is -2.29. The van der Waals surface area contributed by atoms with Crippen LogP contribution in [0.1, 0.15) is 47.5 Å². The average Bonchev–Trinajstić information content (AvgIpc) is 2.83. The lowest BCUT2D eigenvalue weighted by molar-refractivity contribution is -0.206. The lowest BCUT2D eigenvalue weighted by atomic mass is 10.0. The zero-order chi connectivity index (χ0) is 28.5. The summed E-state index contributed by atoms with van der Waals surface area (Å²) >= 11 is 0. The van der Waals surface area contributed by atoms with Gasteiger partial charge in [0.15, 0.2) is 6.29 Å². The van der Waals surface area contributed by atoms with Crippen molar-refractivity contribution in [3.8, 4) is 16.9 Å². The van der Waals surface area contributed by atoms with Crippen LogP contribution in [0.4, 0.5) is 35.1 Å². The van der Waals surface area contributed by atoms with Crippen molar-refractivity contribution in [3.63, 3.8) is 0 Å². The Morgan fingerprint density at radius 2 is 1.46 bits per heavy atom. The van der Waals surface area contributed by atoms with Gasteiger partial charge in [0.2, 0.25) is 0 Å². The van der Waals surface area contributed by atoms with E-state index in [1.807, 2.05) is 6.92 Å². The van der Waals surface area contributed by atoms with Crippen LogP contribution in [0.5, 0.6) is 5.75 Å². The predicted molar refractivity (Wildman–Crippen MR) is 121 cm³/mol. The Morgan fingerprint density at radius 3 is 1.97 bits per heavy atom. The van der Waals surface area contributed by atoms with Gasteiger partial charge in [0.1, 0.15) is 46.0 Å². The number of alkyl halides is 3. The molecule has 0 radical (unpaired) electrons. The highest BCUT2D eigenvalue weighted by Crippen LogP contribution is 2.37. The minimum Gasteiger partial charge on any atom is -0.423 e. The van der Waals surface area contributed by atoms with Crippen LogP contribution >= 0.6 is 0 Å². The van der Waals surface area contributed by atoms with Crippen LogP contribution in [0.15, 0.2) is 42.5 Å². The molecule has 4 nitrogen and oxygen atoms in total. The van der Waals surface area contributed by atoms with Gasteiger partial charge in [-0.1, -0.05) is 13.3 Å². The Morgan fingerprint density at radius 1 is 0.872 bits per heavy atom. The number of hydrogen-bond acceptors (Lipinski definition) is 4. The van der Waals surface area contributed by atoms with E-state index in [1.54, 1.807) is 0 Å². The Balaban J connectivity index is 1.51. The summed E-state index contributed by atoms with van der Waals surface area (Å²) in [5, 5.41) is 0. The van der Waals surface area contributed by atoms with E-state index >= 15 is 0 Å². The molecule has 0 saturated carbocycles. The third-order valence-electron chi connectivity index (χ3n) is 5.99. The fourth-order valence-electron chi connectivity index (χ4n) is 4.19. The van der Waals surface area contributed by atoms with E-state index in [0.717, 1.165) is 37.1 Å². The summed E-state index contributed by atoms with van der Waals surface area (Å²) in [6, 6.07) is 4.67. The minimum atomic E-state index is -5.31. The predicted octanol–water partition coefficient (Wildman–Crippen LogP) is 7.75. The molecule has 0 amide bonds. The third kappa shape index (κ3) is 6.22. The summed E-state index contributed by atoms with van der Waals surface area (Å²) in [6.07, 6.45) is -4.56. The molecule has 0 aromatic heterocycles. The van der Waals surface area contributed by atoms with Gasteiger partial charge in [-0.2, -0.15) is 13.2 Å². The van der Waals surface area contributed by atoms with Crippen molar-refractivity contribution in [1.82, 2.24) is 0 Å². The normalized spacial score (nSPS) is 17.8. The highest BCUT2D eigenvalue weighted by Gasteiger charge is 2.38. The average molecular weight is 560 g/mol. The van der Waals surface area contributed by atoms with Crippen LogP contribution in [0.2, 0.25) is 0 Å². The number of carbonyl (C=O) groups is 1. The Hall–Kier alpha value is -3.51. The van der Waals surface area contributed by atoms with E-state index in [0.29, 0.717) is 31.4 Å². The molecule has 3 aromatic carbocycles. The molecule has 1 aliphatic heterocycles. The quantitative estimate of drug-likeness (QED) is 0.176. The van der Waals surface area contributed by atoms with E-state index in [-0.39, 0.29) is 11.5 Å². The summed E-state index contributed by atoms with van der Waals surface area (Å²) < 4.78 is 126. The molecule has 0 spiro atoms. The monoisotopic (exact) mass is 560 g/mol. The van der Waals surface area contributed by atoms with Gasteiger partial charge in [0.25, 0.3) is 0 Å². The molecule has 1 aliphatic rings. The number of hydrogen-bond donors (Lipinski definition) is 0. The molecule has 12 heteroatoms. The summed E-state index contributed by atoms with van der Waals surface area (Å²) in [7, 11) is 0. The van der Waals surface area contributed by atoms with Gasteiger partial charge in [-0.05, 0) is 48.4 Å². The summed E-state index contributed by atoms with van der Waals surface area (Å²) in [4.78, 5) is 12.5. The number of esters is 1. The maximum atomic E-state index is 14.7. The second-order valence-electron chi connectivity index (χ2n) is 8.86. The molecule has 0 bridgehead atoms. The SMILES string of the molecule is CCCC1COC(c2cc(F)c(C(=O)Oc3ccc(-c4cc(F)c(C(F)(F)F)c(F)c4)c(F)c3)c(F)c2)OC1. The second-order valence-corrected chi connectivity index (χ2v) is 8.86. The van der Waals surface area contributed by atoms with Crippen LogP contribution in [0, 0.1) is 35.0 Å². The Labute approximate surface area is 217 Å². The molecule has 208 valence electrons. The van der Waals surface area contributed by atoms with Gasteiger partial charge in [-0.3, -0.25) is 0 Å². The fourth-order valence-corrected chi connectivity index (χ4v) is 4.19. The van der Waals surface area contributed by atoms with Crippen molar-refractivity contribution >= 4 is 5.97 Å². The molecular formula is C27H20F8O4. The summed E-state index contributed by atoms with van der Waals surface area (Å²) in [5.41, 5.74) is -4.28. The first kappa shape index (κ1) is 28.5. The fraction of sp³-hybridized carbons (Fsp3) is 0.296. The first-order chi connectivity index (χ1) is 18.4. The van der Waals surface area contributed by atoms with Crippen LogP contribution in [-0.4, -0.2) is 19.2 Å². The van der Waals surface area contributed by atoms with E-state index < -0.39 is 75.5 Å². The maximum Gasteiger partial charge on any atom is 0.422 e. The van der Waals surface area contributed by atoms with Crippen LogP contribution < -0.4 is 4.74 Å². The third-order valence-corrected chi connectivity index (χ3v) is 5.99.